The zero-order chi connectivity index (χ0) is 12.5. The predicted octanol–water partition coefficient (Wildman–Crippen LogP) is 4.39. The Balaban J connectivity index is 2.35. The third-order valence-electron chi connectivity index (χ3n) is 3.11. The zero-order valence-corrected chi connectivity index (χ0v) is 10.9. The molecule has 0 saturated heterocycles. The molecule has 2 heterocycles. The lowest BCUT2D eigenvalue weighted by Gasteiger charge is -2.07. The Morgan fingerprint density at radius 2 is 2.11 bits per heavy atom. The SMILES string of the molecule is CCCc1cc2ccc3ncccc3c2nc1Cl. The number of benzene rings is 1. The van der Waals surface area contributed by atoms with Crippen molar-refractivity contribution in [2.24, 2.45) is 0 Å². The number of fused-ring (bicyclic) bond motifs is 3. The van der Waals surface area contributed by atoms with Gasteiger partial charge in [0.2, 0.25) is 0 Å². The number of aromatic nitrogens is 2. The summed E-state index contributed by atoms with van der Waals surface area (Å²) in [6.07, 6.45) is 3.83. The molecule has 0 spiro atoms. The summed E-state index contributed by atoms with van der Waals surface area (Å²) in [6.45, 7) is 2.14. The van der Waals surface area contributed by atoms with Crippen LogP contribution in [0.5, 0.6) is 0 Å². The smallest absolute Gasteiger partial charge is 0.132 e. The van der Waals surface area contributed by atoms with Crippen molar-refractivity contribution < 1.29 is 0 Å². The van der Waals surface area contributed by atoms with Gasteiger partial charge in [-0.2, -0.15) is 0 Å². The molecule has 0 aliphatic heterocycles. The predicted molar refractivity (Wildman–Crippen MR) is 76.0 cm³/mol. The summed E-state index contributed by atoms with van der Waals surface area (Å²) in [5.74, 6) is 0. The Bertz CT molecular complexity index is 722. The molecule has 0 bridgehead atoms. The molecule has 3 aromatic rings. The van der Waals surface area contributed by atoms with E-state index in [1.807, 2.05) is 18.2 Å². The lowest BCUT2D eigenvalue weighted by molar-refractivity contribution is 0.918. The lowest BCUT2D eigenvalue weighted by Crippen LogP contribution is -1.91. The summed E-state index contributed by atoms with van der Waals surface area (Å²) in [5, 5.41) is 2.80. The molecular formula is C15H13ClN2. The van der Waals surface area contributed by atoms with Crippen molar-refractivity contribution in [3.05, 3.63) is 47.2 Å². The molecule has 0 N–H and O–H groups in total. The van der Waals surface area contributed by atoms with Gasteiger partial charge in [-0.1, -0.05) is 31.0 Å². The van der Waals surface area contributed by atoms with E-state index in [1.165, 1.54) is 0 Å². The third-order valence-corrected chi connectivity index (χ3v) is 3.44. The highest BCUT2D eigenvalue weighted by molar-refractivity contribution is 6.30. The van der Waals surface area contributed by atoms with Gasteiger partial charge >= 0.3 is 0 Å². The number of rotatable bonds is 2. The first-order valence-electron chi connectivity index (χ1n) is 6.12. The van der Waals surface area contributed by atoms with E-state index >= 15 is 0 Å². The minimum atomic E-state index is 0.612. The second-order valence-corrected chi connectivity index (χ2v) is 4.75. The quantitative estimate of drug-likeness (QED) is 0.502. The molecule has 90 valence electrons. The molecule has 1 aromatic carbocycles. The van der Waals surface area contributed by atoms with E-state index < -0.39 is 0 Å². The topological polar surface area (TPSA) is 25.8 Å². The first kappa shape index (κ1) is 11.4. The fraction of sp³-hybridized carbons (Fsp3) is 0.200. The van der Waals surface area contributed by atoms with Gasteiger partial charge in [-0.3, -0.25) is 4.98 Å². The van der Waals surface area contributed by atoms with Crippen LogP contribution in [-0.4, -0.2) is 9.97 Å². The number of pyridine rings is 2. The standard InChI is InChI=1S/C15H13ClN2/c1-2-4-11-9-10-6-7-13-12(5-3-8-17-13)14(10)18-15(11)16/h3,5-9H,2,4H2,1H3. The molecule has 0 amide bonds. The Morgan fingerprint density at radius 3 is 2.94 bits per heavy atom. The van der Waals surface area contributed by atoms with Crippen LogP contribution in [0.25, 0.3) is 21.8 Å². The highest BCUT2D eigenvalue weighted by Crippen LogP contribution is 2.26. The van der Waals surface area contributed by atoms with Gasteiger partial charge in [0.05, 0.1) is 11.0 Å². The molecule has 0 aliphatic carbocycles. The van der Waals surface area contributed by atoms with Crippen LogP contribution in [0.1, 0.15) is 18.9 Å². The van der Waals surface area contributed by atoms with E-state index in [0.717, 1.165) is 40.2 Å². The molecule has 0 atom stereocenters. The van der Waals surface area contributed by atoms with E-state index in [4.69, 9.17) is 11.6 Å². The monoisotopic (exact) mass is 256 g/mol. The van der Waals surface area contributed by atoms with Crippen molar-refractivity contribution in [3.8, 4) is 0 Å². The Morgan fingerprint density at radius 1 is 1.22 bits per heavy atom. The maximum Gasteiger partial charge on any atom is 0.132 e. The molecule has 2 nitrogen and oxygen atoms in total. The van der Waals surface area contributed by atoms with Crippen LogP contribution in [0.3, 0.4) is 0 Å². The van der Waals surface area contributed by atoms with Gasteiger partial charge in [0.25, 0.3) is 0 Å². The maximum absolute atomic E-state index is 6.25. The van der Waals surface area contributed by atoms with Gasteiger partial charge in [0.15, 0.2) is 0 Å². The van der Waals surface area contributed by atoms with E-state index in [-0.39, 0.29) is 0 Å². The van der Waals surface area contributed by atoms with Gasteiger partial charge in [0, 0.05) is 17.0 Å². The molecule has 3 heteroatoms. The fourth-order valence-corrected chi connectivity index (χ4v) is 2.49. The van der Waals surface area contributed by atoms with Gasteiger partial charge < -0.3 is 0 Å². The van der Waals surface area contributed by atoms with Crippen LogP contribution in [0, 0.1) is 0 Å². The molecule has 3 rings (SSSR count). The second kappa shape index (κ2) is 4.54. The van der Waals surface area contributed by atoms with Gasteiger partial charge in [-0.05, 0) is 36.2 Å². The normalized spacial score (nSPS) is 11.2. The average Bonchev–Trinajstić information content (AvgIpc) is 2.40. The Labute approximate surface area is 111 Å². The molecule has 0 radical (unpaired) electrons. The summed E-state index contributed by atoms with van der Waals surface area (Å²) in [5.41, 5.74) is 3.01. The van der Waals surface area contributed by atoms with Crippen LogP contribution >= 0.6 is 11.6 Å². The summed E-state index contributed by atoms with van der Waals surface area (Å²) in [4.78, 5) is 8.88. The highest BCUT2D eigenvalue weighted by Gasteiger charge is 2.07. The molecule has 0 aliphatic rings. The summed E-state index contributed by atoms with van der Waals surface area (Å²) < 4.78 is 0. The number of hydrogen-bond donors (Lipinski definition) is 0. The first-order valence-corrected chi connectivity index (χ1v) is 6.50. The molecule has 0 fully saturated rings. The Kier molecular flexibility index (Phi) is 2.88. The van der Waals surface area contributed by atoms with Crippen molar-refractivity contribution in [2.45, 2.75) is 19.8 Å². The molecule has 0 saturated carbocycles. The summed E-state index contributed by atoms with van der Waals surface area (Å²) in [7, 11) is 0. The molecule has 2 aromatic heterocycles. The van der Waals surface area contributed by atoms with Crippen molar-refractivity contribution in [1.29, 1.82) is 0 Å². The van der Waals surface area contributed by atoms with Gasteiger partial charge in [-0.25, -0.2) is 4.98 Å². The molecular weight excluding hydrogens is 244 g/mol. The summed E-state index contributed by atoms with van der Waals surface area (Å²) >= 11 is 6.25. The van der Waals surface area contributed by atoms with Gasteiger partial charge in [-0.15, -0.1) is 0 Å². The highest BCUT2D eigenvalue weighted by atomic mass is 35.5. The number of nitrogens with zero attached hydrogens (tertiary/aromatic N) is 2. The number of halogens is 1. The fourth-order valence-electron chi connectivity index (χ4n) is 2.26. The van der Waals surface area contributed by atoms with E-state index in [9.17, 15) is 0 Å². The van der Waals surface area contributed by atoms with Crippen LogP contribution < -0.4 is 0 Å². The van der Waals surface area contributed by atoms with Gasteiger partial charge in [0.1, 0.15) is 5.15 Å². The third kappa shape index (κ3) is 1.83. The number of aryl methyl sites for hydroxylation is 1. The lowest BCUT2D eigenvalue weighted by atomic mass is 10.1. The van der Waals surface area contributed by atoms with E-state index in [0.29, 0.717) is 5.15 Å². The van der Waals surface area contributed by atoms with Crippen molar-refractivity contribution >= 4 is 33.4 Å². The molecule has 18 heavy (non-hydrogen) atoms. The van der Waals surface area contributed by atoms with Crippen LogP contribution in [0.15, 0.2) is 36.5 Å². The van der Waals surface area contributed by atoms with Crippen molar-refractivity contribution in [2.75, 3.05) is 0 Å². The van der Waals surface area contributed by atoms with Crippen LogP contribution in [-0.2, 0) is 6.42 Å². The van der Waals surface area contributed by atoms with Crippen molar-refractivity contribution in [1.82, 2.24) is 9.97 Å². The van der Waals surface area contributed by atoms with Crippen molar-refractivity contribution in [3.63, 3.8) is 0 Å². The Hall–Kier alpha value is -1.67. The largest absolute Gasteiger partial charge is 0.256 e. The maximum atomic E-state index is 6.25. The zero-order valence-electron chi connectivity index (χ0n) is 10.2. The number of hydrogen-bond acceptors (Lipinski definition) is 2. The second-order valence-electron chi connectivity index (χ2n) is 4.40. The minimum absolute atomic E-state index is 0.612. The minimum Gasteiger partial charge on any atom is -0.256 e. The van der Waals surface area contributed by atoms with E-state index in [1.54, 1.807) is 6.20 Å². The average molecular weight is 257 g/mol. The first-order chi connectivity index (χ1) is 8.79. The van der Waals surface area contributed by atoms with Crippen LogP contribution in [0.4, 0.5) is 0 Å². The summed E-state index contributed by atoms with van der Waals surface area (Å²) in [6, 6.07) is 10.2. The molecule has 0 unspecified atom stereocenters. The van der Waals surface area contributed by atoms with E-state index in [2.05, 4.69) is 29.0 Å². The van der Waals surface area contributed by atoms with Crippen LogP contribution in [0.2, 0.25) is 5.15 Å².